The molecular weight excluding hydrogens is 140 g/mol. The summed E-state index contributed by atoms with van der Waals surface area (Å²) in [5.41, 5.74) is -0.332. The molecule has 0 radical (unpaired) electrons. The lowest BCUT2D eigenvalue weighted by Gasteiger charge is -2.38. The summed E-state index contributed by atoms with van der Waals surface area (Å²) in [6.45, 7) is 0. The minimum Gasteiger partial charge on any atom is -0.370 e. The molecule has 0 unspecified atom stereocenters. The van der Waals surface area contributed by atoms with E-state index < -0.39 is 0 Å². The Kier molecular flexibility index (Phi) is 1.53. The highest BCUT2D eigenvalue weighted by Crippen LogP contribution is 2.43. The number of methoxy groups -OCH3 is 1. The van der Waals surface area contributed by atoms with E-state index in [-0.39, 0.29) is 5.60 Å². The zero-order chi connectivity index (χ0) is 7.90. The molecule has 2 saturated carbocycles. The van der Waals surface area contributed by atoms with Crippen molar-refractivity contribution in [3.8, 4) is 0 Å². The second-order valence-corrected chi connectivity index (χ2v) is 3.69. The predicted octanol–water partition coefficient (Wildman–Crippen LogP) is 1.53. The normalized spacial score (nSPS) is 27.7. The molecule has 0 bridgehead atoms. The Bertz CT molecular complexity index is 172. The summed E-state index contributed by atoms with van der Waals surface area (Å²) in [5, 5.41) is 0. The summed E-state index contributed by atoms with van der Waals surface area (Å²) in [6.07, 6.45) is 5.28. The Morgan fingerprint density at radius 2 is 2.09 bits per heavy atom. The molecule has 2 nitrogen and oxygen atoms in total. The molecular formula is C9H14O2. The van der Waals surface area contributed by atoms with Crippen LogP contribution in [0, 0.1) is 5.92 Å². The molecule has 2 aliphatic carbocycles. The molecule has 2 aliphatic rings. The van der Waals surface area contributed by atoms with E-state index in [0.29, 0.717) is 11.7 Å². The quantitative estimate of drug-likeness (QED) is 0.616. The lowest BCUT2D eigenvalue weighted by Crippen LogP contribution is -2.47. The maximum Gasteiger partial charge on any atom is 0.167 e. The van der Waals surface area contributed by atoms with E-state index in [9.17, 15) is 4.79 Å². The Labute approximate surface area is 66.9 Å². The summed E-state index contributed by atoms with van der Waals surface area (Å²) in [7, 11) is 1.67. The maximum atomic E-state index is 11.6. The molecule has 2 fully saturated rings. The van der Waals surface area contributed by atoms with E-state index in [1.807, 2.05) is 0 Å². The number of ketones is 1. The van der Waals surface area contributed by atoms with Gasteiger partial charge < -0.3 is 4.74 Å². The van der Waals surface area contributed by atoms with Crippen LogP contribution in [0.2, 0.25) is 0 Å². The monoisotopic (exact) mass is 154 g/mol. The molecule has 2 rings (SSSR count). The van der Waals surface area contributed by atoms with Crippen LogP contribution in [0.15, 0.2) is 0 Å². The Morgan fingerprint density at radius 3 is 2.36 bits per heavy atom. The highest BCUT2D eigenvalue weighted by molar-refractivity contribution is 5.92. The van der Waals surface area contributed by atoms with Gasteiger partial charge in [-0.25, -0.2) is 0 Å². The summed E-state index contributed by atoms with van der Waals surface area (Å²) in [6, 6.07) is 0. The fraction of sp³-hybridized carbons (Fsp3) is 0.889. The molecule has 0 aromatic carbocycles. The SMILES string of the molecule is COC1(C(=O)C2CC2)CCC1. The third-order valence-corrected chi connectivity index (χ3v) is 2.95. The van der Waals surface area contributed by atoms with E-state index >= 15 is 0 Å². The zero-order valence-corrected chi connectivity index (χ0v) is 6.93. The second-order valence-electron chi connectivity index (χ2n) is 3.69. The van der Waals surface area contributed by atoms with Crippen molar-refractivity contribution < 1.29 is 9.53 Å². The highest BCUT2D eigenvalue weighted by Gasteiger charge is 2.49. The first-order valence-corrected chi connectivity index (χ1v) is 4.38. The molecule has 0 atom stereocenters. The average Bonchev–Trinajstić information content (AvgIpc) is 2.66. The highest BCUT2D eigenvalue weighted by atomic mass is 16.5. The summed E-state index contributed by atoms with van der Waals surface area (Å²) < 4.78 is 5.29. The van der Waals surface area contributed by atoms with Crippen LogP contribution in [0.4, 0.5) is 0 Å². The van der Waals surface area contributed by atoms with Gasteiger partial charge in [-0.2, -0.15) is 0 Å². The van der Waals surface area contributed by atoms with E-state index in [4.69, 9.17) is 4.74 Å². The van der Waals surface area contributed by atoms with Gasteiger partial charge in [0.15, 0.2) is 5.78 Å². The van der Waals surface area contributed by atoms with Gasteiger partial charge in [0.05, 0.1) is 0 Å². The van der Waals surface area contributed by atoms with Gasteiger partial charge in [-0.15, -0.1) is 0 Å². The average molecular weight is 154 g/mol. The van der Waals surface area contributed by atoms with Crippen LogP contribution in [-0.4, -0.2) is 18.5 Å². The van der Waals surface area contributed by atoms with Crippen molar-refractivity contribution in [1.82, 2.24) is 0 Å². The zero-order valence-electron chi connectivity index (χ0n) is 6.93. The maximum absolute atomic E-state index is 11.6. The van der Waals surface area contributed by atoms with Gasteiger partial charge in [0.25, 0.3) is 0 Å². The number of Topliss-reactive ketones (excluding diaryl/α,β-unsaturated/α-hetero) is 1. The van der Waals surface area contributed by atoms with Gasteiger partial charge in [-0.1, -0.05) is 0 Å². The van der Waals surface area contributed by atoms with Crippen LogP contribution in [0.1, 0.15) is 32.1 Å². The van der Waals surface area contributed by atoms with Crippen molar-refractivity contribution in [2.45, 2.75) is 37.7 Å². The van der Waals surface area contributed by atoms with E-state index in [0.717, 1.165) is 32.1 Å². The lowest BCUT2D eigenvalue weighted by molar-refractivity contribution is -0.153. The molecule has 0 aromatic heterocycles. The lowest BCUT2D eigenvalue weighted by atomic mass is 9.75. The van der Waals surface area contributed by atoms with Gasteiger partial charge in [-0.05, 0) is 32.1 Å². The first kappa shape index (κ1) is 7.29. The third kappa shape index (κ3) is 1.00. The Balaban J connectivity index is 2.04. The molecule has 0 spiro atoms. The van der Waals surface area contributed by atoms with Crippen molar-refractivity contribution in [3.63, 3.8) is 0 Å². The molecule has 0 aliphatic heterocycles. The van der Waals surface area contributed by atoms with Gasteiger partial charge in [-0.3, -0.25) is 4.79 Å². The van der Waals surface area contributed by atoms with Gasteiger partial charge >= 0.3 is 0 Å². The molecule has 11 heavy (non-hydrogen) atoms. The minimum atomic E-state index is -0.332. The predicted molar refractivity (Wildman–Crippen MR) is 41.3 cm³/mol. The van der Waals surface area contributed by atoms with Crippen LogP contribution in [0.3, 0.4) is 0 Å². The van der Waals surface area contributed by atoms with E-state index in [1.165, 1.54) is 0 Å². The molecule has 0 amide bonds. The largest absolute Gasteiger partial charge is 0.370 e. The van der Waals surface area contributed by atoms with E-state index in [2.05, 4.69) is 0 Å². The number of hydrogen-bond acceptors (Lipinski definition) is 2. The van der Waals surface area contributed by atoms with Crippen molar-refractivity contribution in [1.29, 1.82) is 0 Å². The van der Waals surface area contributed by atoms with Gasteiger partial charge in [0.2, 0.25) is 0 Å². The van der Waals surface area contributed by atoms with Crippen molar-refractivity contribution in [3.05, 3.63) is 0 Å². The number of carbonyl (C=O) groups is 1. The molecule has 62 valence electrons. The number of hydrogen-bond donors (Lipinski definition) is 0. The second kappa shape index (κ2) is 2.31. The van der Waals surface area contributed by atoms with Crippen molar-refractivity contribution in [2.24, 2.45) is 5.92 Å². The smallest absolute Gasteiger partial charge is 0.167 e. The fourth-order valence-electron chi connectivity index (χ4n) is 1.77. The minimum absolute atomic E-state index is 0.332. The van der Waals surface area contributed by atoms with Crippen LogP contribution >= 0.6 is 0 Å². The van der Waals surface area contributed by atoms with Crippen molar-refractivity contribution >= 4 is 5.78 Å². The summed E-state index contributed by atoms with van der Waals surface area (Å²) in [4.78, 5) is 11.6. The van der Waals surface area contributed by atoms with Crippen LogP contribution in [0.5, 0.6) is 0 Å². The summed E-state index contributed by atoms with van der Waals surface area (Å²) >= 11 is 0. The molecule has 0 aromatic rings. The molecule has 0 N–H and O–H groups in total. The third-order valence-electron chi connectivity index (χ3n) is 2.95. The Morgan fingerprint density at radius 1 is 1.45 bits per heavy atom. The first-order valence-electron chi connectivity index (χ1n) is 4.38. The van der Waals surface area contributed by atoms with Crippen LogP contribution < -0.4 is 0 Å². The molecule has 2 heteroatoms. The Hall–Kier alpha value is -0.370. The van der Waals surface area contributed by atoms with Crippen LogP contribution in [-0.2, 0) is 9.53 Å². The number of carbonyl (C=O) groups excluding carboxylic acids is 1. The standard InChI is InChI=1S/C9H14O2/c1-11-9(5-2-6-9)8(10)7-3-4-7/h7H,2-6H2,1H3. The summed E-state index contributed by atoms with van der Waals surface area (Å²) in [5.74, 6) is 0.738. The molecule has 0 saturated heterocycles. The van der Waals surface area contributed by atoms with E-state index in [1.54, 1.807) is 7.11 Å². The number of ether oxygens (including phenoxy) is 1. The van der Waals surface area contributed by atoms with Crippen LogP contribution in [0.25, 0.3) is 0 Å². The first-order chi connectivity index (χ1) is 5.28. The van der Waals surface area contributed by atoms with Gasteiger partial charge in [0, 0.05) is 13.0 Å². The van der Waals surface area contributed by atoms with Crippen molar-refractivity contribution in [2.75, 3.05) is 7.11 Å². The van der Waals surface area contributed by atoms with Gasteiger partial charge in [0.1, 0.15) is 5.60 Å². The molecule has 0 heterocycles. The topological polar surface area (TPSA) is 26.3 Å². The fourth-order valence-corrected chi connectivity index (χ4v) is 1.77. The number of rotatable bonds is 3.